The van der Waals surface area contributed by atoms with Crippen molar-refractivity contribution in [3.8, 4) is 5.75 Å². The first-order chi connectivity index (χ1) is 11.5. The van der Waals surface area contributed by atoms with Crippen LogP contribution in [0.4, 0.5) is 0 Å². The second kappa shape index (κ2) is 10.8. The zero-order valence-electron chi connectivity index (χ0n) is 14.7. The number of methoxy groups -OCH3 is 1. The van der Waals surface area contributed by atoms with Crippen molar-refractivity contribution >= 4 is 23.5 Å². The van der Waals surface area contributed by atoms with Gasteiger partial charge in [0.1, 0.15) is 5.75 Å². The predicted molar refractivity (Wildman–Crippen MR) is 96.9 cm³/mol. The van der Waals surface area contributed by atoms with Gasteiger partial charge in [-0.2, -0.15) is 0 Å². The first-order valence-corrected chi connectivity index (χ1v) is 8.30. The number of ether oxygens (including phenoxy) is 2. The smallest absolute Gasteiger partial charge is 0.307 e. The minimum atomic E-state index is -0.224. The first kappa shape index (κ1) is 20.1. The molecule has 2 N–H and O–H groups in total. The van der Waals surface area contributed by atoms with E-state index in [2.05, 4.69) is 15.6 Å². The van der Waals surface area contributed by atoms with Crippen LogP contribution in [0.3, 0.4) is 0 Å². The van der Waals surface area contributed by atoms with E-state index in [1.165, 1.54) is 0 Å². The molecule has 0 aliphatic heterocycles. The van der Waals surface area contributed by atoms with E-state index in [-0.39, 0.29) is 12.1 Å². The SMILES string of the molecule is CN=C(NCCC(=O)OC(C)C)NCCc1ccc(OC)cc1Cl. The molecule has 0 saturated carbocycles. The molecule has 134 valence electrons. The van der Waals surface area contributed by atoms with Crippen LogP contribution in [0.15, 0.2) is 23.2 Å². The summed E-state index contributed by atoms with van der Waals surface area (Å²) < 4.78 is 10.2. The van der Waals surface area contributed by atoms with Crippen molar-refractivity contribution < 1.29 is 14.3 Å². The monoisotopic (exact) mass is 355 g/mol. The van der Waals surface area contributed by atoms with Crippen LogP contribution in [0.25, 0.3) is 0 Å². The summed E-state index contributed by atoms with van der Waals surface area (Å²) in [5.41, 5.74) is 1.03. The summed E-state index contributed by atoms with van der Waals surface area (Å²) in [7, 11) is 3.29. The van der Waals surface area contributed by atoms with Gasteiger partial charge in [0, 0.05) is 25.2 Å². The van der Waals surface area contributed by atoms with E-state index in [0.717, 1.165) is 17.7 Å². The lowest BCUT2D eigenvalue weighted by Gasteiger charge is -2.13. The van der Waals surface area contributed by atoms with E-state index in [0.29, 0.717) is 30.5 Å². The first-order valence-electron chi connectivity index (χ1n) is 7.92. The number of rotatable bonds is 8. The molecule has 24 heavy (non-hydrogen) atoms. The molecule has 0 radical (unpaired) electrons. The summed E-state index contributed by atoms with van der Waals surface area (Å²) in [6, 6.07) is 5.62. The van der Waals surface area contributed by atoms with Gasteiger partial charge < -0.3 is 20.1 Å². The van der Waals surface area contributed by atoms with Gasteiger partial charge in [-0.05, 0) is 38.0 Å². The normalized spacial score (nSPS) is 11.3. The van der Waals surface area contributed by atoms with Crippen molar-refractivity contribution in [2.24, 2.45) is 4.99 Å². The number of nitrogens with one attached hydrogen (secondary N) is 2. The highest BCUT2D eigenvalue weighted by molar-refractivity contribution is 6.31. The Labute approximate surface area is 148 Å². The van der Waals surface area contributed by atoms with Crippen molar-refractivity contribution in [2.75, 3.05) is 27.2 Å². The molecule has 0 saturated heterocycles. The van der Waals surface area contributed by atoms with E-state index in [9.17, 15) is 4.79 Å². The molecule has 1 rings (SSSR count). The molecule has 0 spiro atoms. The van der Waals surface area contributed by atoms with E-state index in [4.69, 9.17) is 21.1 Å². The number of guanidine groups is 1. The van der Waals surface area contributed by atoms with Crippen LogP contribution in [0, 0.1) is 0 Å². The van der Waals surface area contributed by atoms with Gasteiger partial charge in [0.05, 0.1) is 19.6 Å². The highest BCUT2D eigenvalue weighted by Gasteiger charge is 2.06. The second-order valence-corrected chi connectivity index (χ2v) is 5.83. The van der Waals surface area contributed by atoms with Crippen LogP contribution >= 0.6 is 11.6 Å². The van der Waals surface area contributed by atoms with Crippen LogP contribution in [-0.4, -0.2) is 45.3 Å². The fourth-order valence-corrected chi connectivity index (χ4v) is 2.26. The molecule has 0 amide bonds. The van der Waals surface area contributed by atoms with E-state index in [1.807, 2.05) is 26.0 Å². The predicted octanol–water partition coefficient (Wildman–Crippen LogP) is 2.40. The number of esters is 1. The number of nitrogens with zero attached hydrogens (tertiary/aromatic N) is 1. The van der Waals surface area contributed by atoms with Crippen molar-refractivity contribution in [3.63, 3.8) is 0 Å². The van der Waals surface area contributed by atoms with Gasteiger partial charge in [0.25, 0.3) is 0 Å². The molecule has 7 heteroatoms. The molecular formula is C17H26ClN3O3. The largest absolute Gasteiger partial charge is 0.497 e. The molecule has 0 aliphatic carbocycles. The molecule has 0 aliphatic rings. The van der Waals surface area contributed by atoms with E-state index < -0.39 is 0 Å². The molecule has 0 heterocycles. The molecule has 0 aromatic heterocycles. The molecule has 1 aromatic rings. The van der Waals surface area contributed by atoms with Gasteiger partial charge in [0.15, 0.2) is 5.96 Å². The molecular weight excluding hydrogens is 330 g/mol. The summed E-state index contributed by atoms with van der Waals surface area (Å²) in [6.07, 6.45) is 0.950. The maximum atomic E-state index is 11.5. The lowest BCUT2D eigenvalue weighted by molar-refractivity contribution is -0.147. The average molecular weight is 356 g/mol. The van der Waals surface area contributed by atoms with E-state index >= 15 is 0 Å². The Balaban J connectivity index is 2.33. The van der Waals surface area contributed by atoms with Gasteiger partial charge in [-0.1, -0.05) is 17.7 Å². The number of hydrogen-bond donors (Lipinski definition) is 2. The maximum Gasteiger partial charge on any atom is 0.307 e. The van der Waals surface area contributed by atoms with Gasteiger partial charge >= 0.3 is 5.97 Å². The Morgan fingerprint density at radius 3 is 2.58 bits per heavy atom. The molecule has 0 unspecified atom stereocenters. The molecule has 0 bridgehead atoms. The Kier molecular flexibility index (Phi) is 9.01. The average Bonchev–Trinajstić information content (AvgIpc) is 2.53. The Morgan fingerprint density at radius 2 is 2.00 bits per heavy atom. The van der Waals surface area contributed by atoms with Crippen LogP contribution in [-0.2, 0) is 16.0 Å². The third-order valence-electron chi connectivity index (χ3n) is 3.16. The molecule has 1 aromatic carbocycles. The van der Waals surface area contributed by atoms with Crippen LogP contribution < -0.4 is 15.4 Å². The minimum Gasteiger partial charge on any atom is -0.497 e. The number of carbonyl (C=O) groups excluding carboxylic acids is 1. The Bertz CT molecular complexity index is 562. The summed E-state index contributed by atoms with van der Waals surface area (Å²) in [4.78, 5) is 15.6. The molecule has 0 fully saturated rings. The van der Waals surface area contributed by atoms with Gasteiger partial charge in [0.2, 0.25) is 0 Å². The van der Waals surface area contributed by atoms with Gasteiger partial charge in [-0.25, -0.2) is 0 Å². The van der Waals surface area contributed by atoms with Crippen LogP contribution in [0.2, 0.25) is 5.02 Å². The fraction of sp³-hybridized carbons (Fsp3) is 0.529. The summed E-state index contributed by atoms with van der Waals surface area (Å²) in [5.74, 6) is 1.15. The summed E-state index contributed by atoms with van der Waals surface area (Å²) >= 11 is 6.21. The van der Waals surface area contributed by atoms with Gasteiger partial charge in [-0.3, -0.25) is 9.79 Å². The second-order valence-electron chi connectivity index (χ2n) is 5.42. The lowest BCUT2D eigenvalue weighted by atomic mass is 10.1. The third-order valence-corrected chi connectivity index (χ3v) is 3.51. The van der Waals surface area contributed by atoms with Crippen LogP contribution in [0.1, 0.15) is 25.8 Å². The maximum absolute atomic E-state index is 11.5. The lowest BCUT2D eigenvalue weighted by Crippen LogP contribution is -2.39. The van der Waals surface area contributed by atoms with Crippen molar-refractivity contribution in [2.45, 2.75) is 32.8 Å². The number of halogens is 1. The highest BCUT2D eigenvalue weighted by atomic mass is 35.5. The fourth-order valence-electron chi connectivity index (χ4n) is 2.00. The highest BCUT2D eigenvalue weighted by Crippen LogP contribution is 2.22. The van der Waals surface area contributed by atoms with Crippen LogP contribution in [0.5, 0.6) is 5.75 Å². The molecule has 0 atom stereocenters. The summed E-state index contributed by atoms with van der Waals surface area (Å²) in [5, 5.41) is 6.94. The topological polar surface area (TPSA) is 72.0 Å². The molecule has 6 nitrogen and oxygen atoms in total. The number of aliphatic imine (C=N–C) groups is 1. The number of carbonyl (C=O) groups is 1. The van der Waals surface area contributed by atoms with Crippen molar-refractivity contribution in [1.82, 2.24) is 10.6 Å². The van der Waals surface area contributed by atoms with Crippen molar-refractivity contribution in [1.29, 1.82) is 0 Å². The van der Waals surface area contributed by atoms with Gasteiger partial charge in [-0.15, -0.1) is 0 Å². The number of benzene rings is 1. The quantitative estimate of drug-likeness (QED) is 0.425. The van der Waals surface area contributed by atoms with Crippen molar-refractivity contribution in [3.05, 3.63) is 28.8 Å². The minimum absolute atomic E-state index is 0.0933. The Morgan fingerprint density at radius 1 is 1.29 bits per heavy atom. The Hall–Kier alpha value is -1.95. The standard InChI is InChI=1S/C17H26ClN3O3/c1-12(2)24-16(22)8-10-21-17(19-3)20-9-7-13-5-6-14(23-4)11-15(13)18/h5-6,11-12H,7-10H2,1-4H3,(H2,19,20,21). The zero-order chi connectivity index (χ0) is 17.9. The van der Waals surface area contributed by atoms with E-state index in [1.54, 1.807) is 20.2 Å². The number of hydrogen-bond acceptors (Lipinski definition) is 4. The zero-order valence-corrected chi connectivity index (χ0v) is 15.4. The third kappa shape index (κ3) is 7.55. The summed E-state index contributed by atoms with van der Waals surface area (Å²) in [6.45, 7) is 4.79.